The van der Waals surface area contributed by atoms with E-state index in [-0.39, 0.29) is 34.1 Å². The monoisotopic (exact) mass is 394 g/mol. The van der Waals surface area contributed by atoms with Gasteiger partial charge in [0.05, 0.1) is 29.0 Å². The molecule has 0 radical (unpaired) electrons. The maximum atomic E-state index is 13.1. The summed E-state index contributed by atoms with van der Waals surface area (Å²) in [5.74, 6) is -1.26. The van der Waals surface area contributed by atoms with Crippen molar-refractivity contribution in [1.82, 2.24) is 0 Å². The normalized spacial score (nSPS) is 16.2. The summed E-state index contributed by atoms with van der Waals surface area (Å²) >= 11 is 6.00. The van der Waals surface area contributed by atoms with Crippen molar-refractivity contribution in [3.05, 3.63) is 85.5 Å². The van der Waals surface area contributed by atoms with E-state index in [4.69, 9.17) is 25.2 Å². The topological polar surface area (TPSA) is 86.7 Å². The SMILES string of the molecule is O=C1C[C@@H](c2coc3ccc(Cl)cc3c2=O)c2c(c3ccccc3oc2=O)O1. The predicted octanol–water partition coefficient (Wildman–Crippen LogP) is 3.99. The molecule has 0 fully saturated rings. The molecule has 2 aromatic carbocycles. The van der Waals surface area contributed by atoms with Crippen molar-refractivity contribution in [2.24, 2.45) is 0 Å². The summed E-state index contributed by atoms with van der Waals surface area (Å²) in [4.78, 5) is 38.0. The number of benzene rings is 2. The van der Waals surface area contributed by atoms with E-state index < -0.39 is 17.5 Å². The highest BCUT2D eigenvalue weighted by atomic mass is 35.5. The van der Waals surface area contributed by atoms with Crippen LogP contribution in [0.15, 0.2) is 67.2 Å². The summed E-state index contributed by atoms with van der Waals surface area (Å²) in [5, 5.41) is 1.14. The van der Waals surface area contributed by atoms with Crippen LogP contribution in [0.2, 0.25) is 5.02 Å². The molecule has 1 aliphatic rings. The summed E-state index contributed by atoms with van der Waals surface area (Å²) in [5.41, 5.74) is -0.0414. The van der Waals surface area contributed by atoms with Crippen LogP contribution in [0.25, 0.3) is 21.9 Å². The minimum atomic E-state index is -0.836. The first-order valence-electron chi connectivity index (χ1n) is 8.50. The van der Waals surface area contributed by atoms with Crippen LogP contribution >= 0.6 is 11.6 Å². The highest BCUT2D eigenvalue weighted by Gasteiger charge is 2.35. The van der Waals surface area contributed by atoms with Gasteiger partial charge >= 0.3 is 11.6 Å². The van der Waals surface area contributed by atoms with Crippen molar-refractivity contribution in [2.45, 2.75) is 12.3 Å². The average molecular weight is 395 g/mol. The molecule has 0 saturated carbocycles. The lowest BCUT2D eigenvalue weighted by molar-refractivity contribution is -0.135. The van der Waals surface area contributed by atoms with Crippen LogP contribution in [-0.2, 0) is 4.79 Å². The number of rotatable bonds is 1. The molecule has 0 bridgehead atoms. The average Bonchev–Trinajstić information content (AvgIpc) is 2.68. The first-order chi connectivity index (χ1) is 13.5. The van der Waals surface area contributed by atoms with Gasteiger partial charge in [-0.1, -0.05) is 23.7 Å². The van der Waals surface area contributed by atoms with E-state index in [1.54, 1.807) is 36.4 Å². The molecule has 5 rings (SSSR count). The third-order valence-electron chi connectivity index (χ3n) is 4.87. The fraction of sp³-hybridized carbons (Fsp3) is 0.0952. The Morgan fingerprint density at radius 2 is 1.79 bits per heavy atom. The molecule has 0 aliphatic carbocycles. The molecule has 28 heavy (non-hydrogen) atoms. The Balaban J connectivity index is 1.82. The summed E-state index contributed by atoms with van der Waals surface area (Å²) in [6.45, 7) is 0. The number of carbonyl (C=O) groups excluding carboxylic acids is 1. The van der Waals surface area contributed by atoms with Gasteiger partial charge in [-0.3, -0.25) is 9.59 Å². The molecule has 3 heterocycles. The van der Waals surface area contributed by atoms with Crippen molar-refractivity contribution in [1.29, 1.82) is 0 Å². The Morgan fingerprint density at radius 3 is 2.64 bits per heavy atom. The van der Waals surface area contributed by atoms with Gasteiger partial charge in [0, 0.05) is 16.5 Å². The Kier molecular flexibility index (Phi) is 3.64. The molecule has 4 aromatic rings. The van der Waals surface area contributed by atoms with Crippen LogP contribution in [0, 0.1) is 0 Å². The fourth-order valence-electron chi connectivity index (χ4n) is 3.59. The summed E-state index contributed by atoms with van der Waals surface area (Å²) in [7, 11) is 0. The van der Waals surface area contributed by atoms with Gasteiger partial charge in [-0.05, 0) is 30.3 Å². The molecule has 0 unspecified atom stereocenters. The van der Waals surface area contributed by atoms with Crippen molar-refractivity contribution < 1.29 is 18.4 Å². The van der Waals surface area contributed by atoms with Crippen LogP contribution in [0.4, 0.5) is 0 Å². The van der Waals surface area contributed by atoms with Crippen molar-refractivity contribution in [2.75, 3.05) is 0 Å². The first kappa shape index (κ1) is 16.8. The zero-order valence-corrected chi connectivity index (χ0v) is 15.0. The van der Waals surface area contributed by atoms with E-state index in [1.165, 1.54) is 12.3 Å². The number of carbonyl (C=O) groups is 1. The Morgan fingerprint density at radius 1 is 0.964 bits per heavy atom. The van der Waals surface area contributed by atoms with Crippen LogP contribution in [0.5, 0.6) is 5.75 Å². The molecule has 138 valence electrons. The lowest BCUT2D eigenvalue weighted by atomic mass is 9.87. The van der Waals surface area contributed by atoms with Gasteiger partial charge in [-0.15, -0.1) is 0 Å². The Hall–Kier alpha value is -3.38. The quantitative estimate of drug-likeness (QED) is 0.358. The number of hydrogen-bond donors (Lipinski definition) is 0. The van der Waals surface area contributed by atoms with Crippen molar-refractivity contribution >= 4 is 39.5 Å². The van der Waals surface area contributed by atoms with E-state index in [0.29, 0.717) is 21.6 Å². The number of hydrogen-bond acceptors (Lipinski definition) is 6. The summed E-state index contributed by atoms with van der Waals surface area (Å²) in [6.07, 6.45) is 1.10. The molecule has 2 aromatic heterocycles. The van der Waals surface area contributed by atoms with E-state index in [9.17, 15) is 14.4 Å². The third kappa shape index (κ3) is 2.46. The minimum Gasteiger partial charge on any atom is -0.464 e. The van der Waals surface area contributed by atoms with Crippen LogP contribution in [0.1, 0.15) is 23.5 Å². The van der Waals surface area contributed by atoms with Gasteiger partial charge in [0.25, 0.3) is 0 Å². The standard InChI is InChI=1S/C21H11ClO6/c22-10-5-6-15-13(7-10)19(24)14(9-26-15)12-8-17(23)28-20-11-3-1-2-4-16(11)27-21(25)18(12)20/h1-7,9,12H,8H2/t12-/m0/s1. The lowest BCUT2D eigenvalue weighted by Crippen LogP contribution is -2.29. The number of halogens is 1. The molecule has 0 spiro atoms. The number of para-hydroxylation sites is 1. The summed E-state index contributed by atoms with van der Waals surface area (Å²) < 4.78 is 16.3. The van der Waals surface area contributed by atoms with Gasteiger partial charge in [0.2, 0.25) is 0 Å². The second-order valence-corrected chi connectivity index (χ2v) is 6.96. The van der Waals surface area contributed by atoms with Gasteiger partial charge in [-0.2, -0.15) is 0 Å². The van der Waals surface area contributed by atoms with Gasteiger partial charge in [0.15, 0.2) is 11.2 Å². The van der Waals surface area contributed by atoms with E-state index in [0.717, 1.165) is 0 Å². The van der Waals surface area contributed by atoms with Crippen LogP contribution < -0.4 is 15.8 Å². The third-order valence-corrected chi connectivity index (χ3v) is 5.11. The molecule has 6 nitrogen and oxygen atoms in total. The first-order valence-corrected chi connectivity index (χ1v) is 8.88. The molecule has 0 saturated heterocycles. The maximum Gasteiger partial charge on any atom is 0.343 e. The van der Waals surface area contributed by atoms with Crippen LogP contribution in [0.3, 0.4) is 0 Å². The number of fused-ring (bicyclic) bond motifs is 4. The largest absolute Gasteiger partial charge is 0.464 e. The molecule has 1 atom stereocenters. The molecule has 0 amide bonds. The summed E-state index contributed by atoms with van der Waals surface area (Å²) in [6, 6.07) is 11.5. The van der Waals surface area contributed by atoms with Crippen molar-refractivity contribution in [3.8, 4) is 5.75 Å². The van der Waals surface area contributed by atoms with E-state index in [1.807, 2.05) is 0 Å². The van der Waals surface area contributed by atoms with Gasteiger partial charge in [0.1, 0.15) is 11.2 Å². The predicted molar refractivity (Wildman–Crippen MR) is 102 cm³/mol. The highest BCUT2D eigenvalue weighted by Crippen LogP contribution is 2.40. The minimum absolute atomic E-state index is 0.124. The second kappa shape index (κ2) is 6.07. The number of esters is 1. The van der Waals surface area contributed by atoms with Crippen molar-refractivity contribution in [3.63, 3.8) is 0 Å². The molecule has 7 heteroatoms. The smallest absolute Gasteiger partial charge is 0.343 e. The fourth-order valence-corrected chi connectivity index (χ4v) is 3.77. The maximum absolute atomic E-state index is 13.1. The zero-order chi connectivity index (χ0) is 19.4. The lowest BCUT2D eigenvalue weighted by Gasteiger charge is -2.23. The van der Waals surface area contributed by atoms with Gasteiger partial charge in [-0.25, -0.2) is 4.79 Å². The molecular weight excluding hydrogens is 384 g/mol. The molecule has 1 aliphatic heterocycles. The Labute approximate surface area is 161 Å². The zero-order valence-electron chi connectivity index (χ0n) is 14.2. The molecular formula is C21H11ClO6. The Bertz CT molecular complexity index is 1400. The molecule has 0 N–H and O–H groups in total. The number of ether oxygens (including phenoxy) is 1. The van der Waals surface area contributed by atoms with E-state index in [2.05, 4.69) is 0 Å². The van der Waals surface area contributed by atoms with Gasteiger partial charge < -0.3 is 13.6 Å². The highest BCUT2D eigenvalue weighted by molar-refractivity contribution is 6.31. The van der Waals surface area contributed by atoms with Crippen LogP contribution in [-0.4, -0.2) is 5.97 Å². The van der Waals surface area contributed by atoms with E-state index >= 15 is 0 Å². The second-order valence-electron chi connectivity index (χ2n) is 6.52.